The van der Waals surface area contributed by atoms with E-state index in [1.165, 1.54) is 23.9 Å². The number of aromatic nitrogens is 5. The highest BCUT2D eigenvalue weighted by Crippen LogP contribution is 2.30. The lowest BCUT2D eigenvalue weighted by Gasteiger charge is -2.12. The van der Waals surface area contributed by atoms with Crippen LogP contribution in [0.4, 0.5) is 4.39 Å². The van der Waals surface area contributed by atoms with Crippen LogP contribution in [0, 0.1) is 5.82 Å². The first-order valence-corrected chi connectivity index (χ1v) is 12.2. The van der Waals surface area contributed by atoms with Crippen LogP contribution in [-0.4, -0.2) is 30.6 Å². The maximum atomic E-state index is 13.6. The zero-order valence-corrected chi connectivity index (χ0v) is 19.9. The number of carbonyl (C=O) groups is 1. The number of hydrogen-bond acceptors (Lipinski definition) is 6. The van der Waals surface area contributed by atoms with Crippen LogP contribution in [0.3, 0.4) is 0 Å². The number of thioether (sulfide) groups is 1. The average molecular weight is 497 g/mol. The zero-order chi connectivity index (χ0) is 24.7. The summed E-state index contributed by atoms with van der Waals surface area (Å²) in [5, 5.41) is 12.4. The van der Waals surface area contributed by atoms with Crippen LogP contribution in [0.5, 0.6) is 0 Å². The molecule has 0 saturated heterocycles. The maximum absolute atomic E-state index is 13.6. The van der Waals surface area contributed by atoms with Gasteiger partial charge in [0.2, 0.25) is 0 Å². The number of amides is 1. The first kappa shape index (κ1) is 23.4. The Hall–Kier alpha value is -4.37. The van der Waals surface area contributed by atoms with E-state index in [9.17, 15) is 9.18 Å². The van der Waals surface area contributed by atoms with Crippen LogP contribution in [0.2, 0.25) is 0 Å². The number of halogens is 1. The Kier molecular flexibility index (Phi) is 7.09. The second kappa shape index (κ2) is 10.9. The molecule has 9 heteroatoms. The summed E-state index contributed by atoms with van der Waals surface area (Å²) in [6.45, 7) is 0.413. The highest BCUT2D eigenvalue weighted by molar-refractivity contribution is 7.98. The molecule has 1 amide bonds. The van der Waals surface area contributed by atoms with Crippen molar-refractivity contribution in [2.24, 2.45) is 0 Å². The van der Waals surface area contributed by atoms with E-state index >= 15 is 0 Å². The highest BCUT2D eigenvalue weighted by Gasteiger charge is 2.18. The van der Waals surface area contributed by atoms with E-state index < -0.39 is 0 Å². The smallest absolute Gasteiger partial charge is 0.251 e. The summed E-state index contributed by atoms with van der Waals surface area (Å²) >= 11 is 1.45. The Balaban J connectivity index is 1.40. The van der Waals surface area contributed by atoms with E-state index in [0.29, 0.717) is 28.8 Å². The third-order valence-electron chi connectivity index (χ3n) is 5.46. The molecule has 0 fully saturated rings. The van der Waals surface area contributed by atoms with Gasteiger partial charge in [-0.2, -0.15) is 0 Å². The average Bonchev–Trinajstić information content (AvgIpc) is 3.36. The quantitative estimate of drug-likeness (QED) is 0.301. The third kappa shape index (κ3) is 5.31. The van der Waals surface area contributed by atoms with Gasteiger partial charge in [-0.25, -0.2) is 4.39 Å². The molecule has 0 unspecified atom stereocenters. The summed E-state index contributed by atoms with van der Waals surface area (Å²) in [6, 6.07) is 21.1. The lowest BCUT2D eigenvalue weighted by molar-refractivity contribution is 0.0950. The Morgan fingerprint density at radius 2 is 1.69 bits per heavy atom. The van der Waals surface area contributed by atoms with Gasteiger partial charge in [-0.3, -0.25) is 19.3 Å². The minimum absolute atomic E-state index is 0.154. The van der Waals surface area contributed by atoms with E-state index in [-0.39, 0.29) is 11.7 Å². The number of rotatable bonds is 8. The van der Waals surface area contributed by atoms with E-state index in [1.54, 1.807) is 36.9 Å². The van der Waals surface area contributed by atoms with Crippen LogP contribution in [-0.2, 0) is 12.3 Å². The summed E-state index contributed by atoms with van der Waals surface area (Å²) in [6.07, 6.45) is 6.79. The molecular formula is C27H21FN6OS. The topological polar surface area (TPSA) is 85.6 Å². The summed E-state index contributed by atoms with van der Waals surface area (Å²) in [7, 11) is 0. The fourth-order valence-corrected chi connectivity index (χ4v) is 4.61. The van der Waals surface area contributed by atoms with Crippen LogP contribution in [0.15, 0.2) is 103 Å². The predicted octanol–water partition coefficient (Wildman–Crippen LogP) is 5.09. The van der Waals surface area contributed by atoms with E-state index in [1.807, 2.05) is 53.1 Å². The molecule has 36 heavy (non-hydrogen) atoms. The fourth-order valence-electron chi connectivity index (χ4n) is 3.66. The number of pyridine rings is 2. The van der Waals surface area contributed by atoms with Crippen LogP contribution < -0.4 is 5.32 Å². The first-order chi connectivity index (χ1) is 17.7. The van der Waals surface area contributed by atoms with Gasteiger partial charge in [-0.05, 0) is 65.7 Å². The van der Waals surface area contributed by atoms with Gasteiger partial charge in [-0.1, -0.05) is 30.0 Å². The molecule has 178 valence electrons. The van der Waals surface area contributed by atoms with Crippen molar-refractivity contribution in [2.45, 2.75) is 17.5 Å². The monoisotopic (exact) mass is 496 g/mol. The second-order valence-electron chi connectivity index (χ2n) is 7.84. The number of benzene rings is 2. The van der Waals surface area contributed by atoms with Gasteiger partial charge in [-0.15, -0.1) is 10.2 Å². The summed E-state index contributed by atoms with van der Waals surface area (Å²) in [5.74, 6) is 0.612. The van der Waals surface area contributed by atoms with Crippen LogP contribution in [0.1, 0.15) is 21.5 Å². The normalized spacial score (nSPS) is 10.8. The lowest BCUT2D eigenvalue weighted by atomic mass is 10.1. The van der Waals surface area contributed by atoms with Gasteiger partial charge < -0.3 is 5.32 Å². The Morgan fingerprint density at radius 1 is 0.889 bits per heavy atom. The van der Waals surface area contributed by atoms with Crippen molar-refractivity contribution in [3.8, 4) is 17.1 Å². The van der Waals surface area contributed by atoms with Gasteiger partial charge in [0.25, 0.3) is 5.91 Å². The van der Waals surface area contributed by atoms with Crippen molar-refractivity contribution in [3.63, 3.8) is 0 Å². The van der Waals surface area contributed by atoms with Crippen LogP contribution in [0.25, 0.3) is 17.1 Å². The molecule has 1 N–H and O–H groups in total. The zero-order valence-electron chi connectivity index (χ0n) is 19.1. The molecule has 0 spiro atoms. The highest BCUT2D eigenvalue weighted by atomic mass is 32.2. The van der Waals surface area contributed by atoms with E-state index in [2.05, 4.69) is 25.5 Å². The van der Waals surface area contributed by atoms with E-state index in [0.717, 1.165) is 22.4 Å². The van der Waals surface area contributed by atoms with E-state index in [4.69, 9.17) is 0 Å². The van der Waals surface area contributed by atoms with Crippen LogP contribution >= 0.6 is 11.8 Å². The SMILES string of the molecule is O=C(NCc1ccncc1)c1ccccc1CSc1nnc(-c2cccnc2)n1-c1ccc(F)cc1. The van der Waals surface area contributed by atoms with Crippen molar-refractivity contribution in [3.05, 3.63) is 120 Å². The predicted molar refractivity (Wildman–Crippen MR) is 136 cm³/mol. The van der Waals surface area contributed by atoms with Crippen molar-refractivity contribution in [2.75, 3.05) is 0 Å². The molecule has 3 heterocycles. The van der Waals surface area contributed by atoms with Crippen molar-refractivity contribution >= 4 is 17.7 Å². The molecule has 5 rings (SSSR count). The largest absolute Gasteiger partial charge is 0.348 e. The third-order valence-corrected chi connectivity index (χ3v) is 6.44. The summed E-state index contributed by atoms with van der Waals surface area (Å²) in [5.41, 5.74) is 3.95. The maximum Gasteiger partial charge on any atom is 0.251 e. The standard InChI is InChI=1S/C27H21FN6OS/c28-22-7-9-23(10-8-22)34-25(20-5-3-13-30-17-20)32-33-27(34)36-18-21-4-1-2-6-24(21)26(35)31-16-19-11-14-29-15-12-19/h1-15,17H,16,18H2,(H,31,35). The molecule has 0 saturated carbocycles. The molecule has 0 bridgehead atoms. The second-order valence-corrected chi connectivity index (χ2v) is 8.79. The van der Waals surface area contributed by atoms with Crippen molar-refractivity contribution in [1.82, 2.24) is 30.0 Å². The number of hydrogen-bond donors (Lipinski definition) is 1. The fraction of sp³-hybridized carbons (Fsp3) is 0.0741. The first-order valence-electron chi connectivity index (χ1n) is 11.2. The summed E-state index contributed by atoms with van der Waals surface area (Å²) in [4.78, 5) is 21.1. The molecule has 5 aromatic rings. The van der Waals surface area contributed by atoms with Gasteiger partial charge in [0.1, 0.15) is 5.82 Å². The van der Waals surface area contributed by atoms with Crippen molar-refractivity contribution < 1.29 is 9.18 Å². The Morgan fingerprint density at radius 3 is 2.47 bits per heavy atom. The van der Waals surface area contributed by atoms with Crippen molar-refractivity contribution in [1.29, 1.82) is 0 Å². The van der Waals surface area contributed by atoms with Gasteiger partial charge in [0, 0.05) is 53.9 Å². The molecule has 7 nitrogen and oxygen atoms in total. The molecule has 0 aliphatic rings. The van der Waals surface area contributed by atoms with Gasteiger partial charge in [0.05, 0.1) is 0 Å². The number of nitrogens with one attached hydrogen (secondary N) is 1. The number of nitrogens with zero attached hydrogens (tertiary/aromatic N) is 5. The molecule has 0 aliphatic heterocycles. The minimum atomic E-state index is -0.323. The number of carbonyl (C=O) groups excluding carboxylic acids is 1. The molecule has 0 radical (unpaired) electrons. The molecule has 0 atom stereocenters. The molecule has 3 aromatic heterocycles. The molecule has 0 aliphatic carbocycles. The van der Waals surface area contributed by atoms with Gasteiger partial charge >= 0.3 is 0 Å². The molecule has 2 aromatic carbocycles. The summed E-state index contributed by atoms with van der Waals surface area (Å²) < 4.78 is 15.5. The Labute approximate surface area is 211 Å². The lowest BCUT2D eigenvalue weighted by Crippen LogP contribution is -2.23. The molecular weight excluding hydrogens is 475 g/mol. The Bertz CT molecular complexity index is 1460. The minimum Gasteiger partial charge on any atom is -0.348 e. The van der Waals surface area contributed by atoms with Gasteiger partial charge in [0.15, 0.2) is 11.0 Å².